The van der Waals surface area contributed by atoms with E-state index in [4.69, 9.17) is 4.84 Å². The van der Waals surface area contributed by atoms with E-state index in [1.165, 1.54) is 0 Å². The van der Waals surface area contributed by atoms with Crippen LogP contribution in [0.25, 0.3) is 0 Å². The fourth-order valence-corrected chi connectivity index (χ4v) is 0.894. The molecule has 0 spiro atoms. The highest BCUT2D eigenvalue weighted by Gasteiger charge is 1.99. The van der Waals surface area contributed by atoms with Gasteiger partial charge in [-0.25, -0.2) is 0 Å². The molecule has 0 amide bonds. The average molecular weight is 191 g/mol. The van der Waals surface area contributed by atoms with Gasteiger partial charge < -0.3 is 4.84 Å². The summed E-state index contributed by atoms with van der Waals surface area (Å²) in [6.07, 6.45) is 3.63. The molecular formula is C10H13N3O. The predicted molar refractivity (Wildman–Crippen MR) is 54.8 cm³/mol. The third kappa shape index (κ3) is 2.94. The lowest BCUT2D eigenvalue weighted by Gasteiger charge is -1.95. The Kier molecular flexibility index (Phi) is 3.74. The maximum absolute atomic E-state index is 4.98. The highest BCUT2D eigenvalue weighted by Crippen LogP contribution is 1.98. The molecule has 14 heavy (non-hydrogen) atoms. The summed E-state index contributed by atoms with van der Waals surface area (Å²) in [5.74, 6) is 5.48. The molecule has 0 N–H and O–H groups in total. The standard InChI is InChI=1S/C10H13N3O/c1-4-5-6-14-12-9(2)10-7-11-13(3)8-10/h7-8H,6H2,1-3H3/b12-9+. The van der Waals surface area contributed by atoms with Crippen LogP contribution in [-0.4, -0.2) is 22.1 Å². The minimum absolute atomic E-state index is 0.327. The zero-order valence-electron chi connectivity index (χ0n) is 8.61. The van der Waals surface area contributed by atoms with Gasteiger partial charge in [0.15, 0.2) is 6.61 Å². The van der Waals surface area contributed by atoms with E-state index < -0.39 is 0 Å². The molecule has 0 atom stereocenters. The van der Waals surface area contributed by atoms with Gasteiger partial charge in [-0.15, -0.1) is 5.92 Å². The van der Waals surface area contributed by atoms with Gasteiger partial charge in [-0.05, 0) is 13.8 Å². The summed E-state index contributed by atoms with van der Waals surface area (Å²) >= 11 is 0. The first-order valence-electron chi connectivity index (χ1n) is 4.29. The lowest BCUT2D eigenvalue weighted by atomic mass is 10.2. The van der Waals surface area contributed by atoms with E-state index in [9.17, 15) is 0 Å². The quantitative estimate of drug-likeness (QED) is 0.311. The molecule has 0 fully saturated rings. The molecule has 0 unspecified atom stereocenters. The van der Waals surface area contributed by atoms with Crippen LogP contribution in [0.4, 0.5) is 0 Å². The summed E-state index contributed by atoms with van der Waals surface area (Å²) in [6.45, 7) is 3.96. The van der Waals surface area contributed by atoms with Crippen LogP contribution >= 0.6 is 0 Å². The van der Waals surface area contributed by atoms with Gasteiger partial charge in [0.1, 0.15) is 0 Å². The first-order chi connectivity index (χ1) is 6.74. The third-order valence-corrected chi connectivity index (χ3v) is 1.64. The molecule has 4 nitrogen and oxygen atoms in total. The molecule has 0 aliphatic rings. The average Bonchev–Trinajstić information content (AvgIpc) is 2.59. The van der Waals surface area contributed by atoms with E-state index in [1.807, 2.05) is 20.2 Å². The zero-order valence-corrected chi connectivity index (χ0v) is 8.61. The van der Waals surface area contributed by atoms with Gasteiger partial charge in [0.2, 0.25) is 0 Å². The molecule has 1 rings (SSSR count). The van der Waals surface area contributed by atoms with Crippen LogP contribution in [-0.2, 0) is 11.9 Å². The SMILES string of the molecule is CC#CCO/N=C(\C)c1cnn(C)c1. The molecular weight excluding hydrogens is 178 g/mol. The lowest BCUT2D eigenvalue weighted by Crippen LogP contribution is -1.95. The number of nitrogens with zero attached hydrogens (tertiary/aromatic N) is 3. The zero-order chi connectivity index (χ0) is 10.4. The van der Waals surface area contributed by atoms with Gasteiger partial charge in [0.05, 0.1) is 11.9 Å². The van der Waals surface area contributed by atoms with Crippen LogP contribution in [0.15, 0.2) is 17.5 Å². The highest BCUT2D eigenvalue weighted by atomic mass is 16.6. The van der Waals surface area contributed by atoms with E-state index in [2.05, 4.69) is 22.1 Å². The second kappa shape index (κ2) is 5.07. The first kappa shape index (κ1) is 10.3. The smallest absolute Gasteiger partial charge is 0.177 e. The molecule has 0 saturated carbocycles. The van der Waals surface area contributed by atoms with Crippen LogP contribution in [0.5, 0.6) is 0 Å². The molecule has 0 aliphatic heterocycles. The Bertz CT molecular complexity index is 382. The van der Waals surface area contributed by atoms with Crippen LogP contribution in [0.2, 0.25) is 0 Å². The molecule has 0 aromatic carbocycles. The predicted octanol–water partition coefficient (Wildman–Crippen LogP) is 1.18. The number of oxime groups is 1. The van der Waals surface area contributed by atoms with E-state index in [1.54, 1.807) is 17.8 Å². The summed E-state index contributed by atoms with van der Waals surface area (Å²) in [6, 6.07) is 0. The van der Waals surface area contributed by atoms with Crippen LogP contribution in [0.1, 0.15) is 19.4 Å². The Balaban J connectivity index is 2.55. The molecule has 1 aromatic heterocycles. The van der Waals surface area contributed by atoms with Crippen molar-refractivity contribution in [1.29, 1.82) is 0 Å². The summed E-state index contributed by atoms with van der Waals surface area (Å²) in [5.41, 5.74) is 1.76. The maximum atomic E-state index is 4.98. The van der Waals surface area contributed by atoms with Gasteiger partial charge in [-0.1, -0.05) is 11.1 Å². The van der Waals surface area contributed by atoms with E-state index >= 15 is 0 Å². The van der Waals surface area contributed by atoms with Crippen molar-refractivity contribution < 1.29 is 4.84 Å². The Morgan fingerprint density at radius 2 is 2.50 bits per heavy atom. The molecule has 0 aliphatic carbocycles. The number of aromatic nitrogens is 2. The molecule has 1 heterocycles. The van der Waals surface area contributed by atoms with E-state index in [0.29, 0.717) is 6.61 Å². The summed E-state index contributed by atoms with van der Waals surface area (Å²) < 4.78 is 1.72. The van der Waals surface area contributed by atoms with Crippen molar-refractivity contribution in [3.63, 3.8) is 0 Å². The normalized spacial score (nSPS) is 10.6. The van der Waals surface area contributed by atoms with Gasteiger partial charge in [0.25, 0.3) is 0 Å². The topological polar surface area (TPSA) is 39.4 Å². The molecule has 0 bridgehead atoms. The Hall–Kier alpha value is -1.76. The monoisotopic (exact) mass is 191 g/mol. The third-order valence-electron chi connectivity index (χ3n) is 1.64. The van der Waals surface area contributed by atoms with Gasteiger partial charge in [0, 0.05) is 18.8 Å². The number of hydrogen-bond donors (Lipinski definition) is 0. The minimum Gasteiger partial charge on any atom is -0.382 e. The first-order valence-corrected chi connectivity index (χ1v) is 4.29. The second-order valence-electron chi connectivity index (χ2n) is 2.78. The largest absolute Gasteiger partial charge is 0.382 e. The number of aryl methyl sites for hydroxylation is 1. The van der Waals surface area contributed by atoms with Crippen molar-refractivity contribution in [2.24, 2.45) is 12.2 Å². The summed E-state index contributed by atoms with van der Waals surface area (Å²) in [7, 11) is 1.86. The minimum atomic E-state index is 0.327. The number of rotatable bonds is 3. The maximum Gasteiger partial charge on any atom is 0.177 e. The Morgan fingerprint density at radius 3 is 3.07 bits per heavy atom. The van der Waals surface area contributed by atoms with Crippen LogP contribution in [0.3, 0.4) is 0 Å². The Labute approximate surface area is 83.6 Å². The molecule has 4 heteroatoms. The Morgan fingerprint density at radius 1 is 1.71 bits per heavy atom. The van der Waals surface area contributed by atoms with Crippen molar-refractivity contribution >= 4 is 5.71 Å². The van der Waals surface area contributed by atoms with Gasteiger partial charge in [-0.2, -0.15) is 5.10 Å². The van der Waals surface area contributed by atoms with Crippen molar-refractivity contribution in [3.8, 4) is 11.8 Å². The van der Waals surface area contributed by atoms with Crippen LogP contribution in [0, 0.1) is 11.8 Å². The van der Waals surface area contributed by atoms with Crippen molar-refractivity contribution in [2.75, 3.05) is 6.61 Å². The highest BCUT2D eigenvalue weighted by molar-refractivity contribution is 5.97. The summed E-state index contributed by atoms with van der Waals surface area (Å²) in [5, 5.41) is 7.94. The molecule has 0 saturated heterocycles. The van der Waals surface area contributed by atoms with Gasteiger partial charge in [-0.3, -0.25) is 4.68 Å². The molecule has 0 radical (unpaired) electrons. The number of hydrogen-bond acceptors (Lipinski definition) is 3. The fraction of sp³-hybridized carbons (Fsp3) is 0.400. The van der Waals surface area contributed by atoms with Crippen LogP contribution < -0.4 is 0 Å². The van der Waals surface area contributed by atoms with Gasteiger partial charge >= 0.3 is 0 Å². The van der Waals surface area contributed by atoms with Crippen molar-refractivity contribution in [2.45, 2.75) is 13.8 Å². The van der Waals surface area contributed by atoms with E-state index in [-0.39, 0.29) is 0 Å². The van der Waals surface area contributed by atoms with Crippen molar-refractivity contribution in [1.82, 2.24) is 9.78 Å². The summed E-state index contributed by atoms with van der Waals surface area (Å²) in [4.78, 5) is 4.98. The van der Waals surface area contributed by atoms with Crippen molar-refractivity contribution in [3.05, 3.63) is 18.0 Å². The van der Waals surface area contributed by atoms with E-state index in [0.717, 1.165) is 11.3 Å². The molecule has 74 valence electrons. The lowest BCUT2D eigenvalue weighted by molar-refractivity contribution is 0.180. The molecule has 1 aromatic rings. The fourth-order valence-electron chi connectivity index (χ4n) is 0.894. The second-order valence-corrected chi connectivity index (χ2v) is 2.78.